The molecule has 0 saturated heterocycles. The van der Waals surface area contributed by atoms with Crippen LogP contribution in [-0.4, -0.2) is 4.98 Å². The summed E-state index contributed by atoms with van der Waals surface area (Å²) >= 11 is 1.90. The van der Waals surface area contributed by atoms with E-state index in [2.05, 4.69) is 80.4 Å². The normalized spacial score (nSPS) is 12.8. The molecule has 0 fully saturated rings. The molecule has 0 aliphatic carbocycles. The molecular weight excluding hydrogens is 310 g/mol. The molecule has 1 nitrogen and oxygen atoms in total. The molecule has 0 spiro atoms. The number of rotatable bonds is 0. The van der Waals surface area contributed by atoms with Gasteiger partial charge in [-0.3, -0.25) is 0 Å². The van der Waals surface area contributed by atoms with Crippen molar-refractivity contribution in [2.45, 2.75) is 26.2 Å². The molecule has 5 rings (SSSR count). The van der Waals surface area contributed by atoms with Crippen LogP contribution in [0.3, 0.4) is 0 Å². The van der Waals surface area contributed by atoms with Crippen molar-refractivity contribution in [2.24, 2.45) is 0 Å². The predicted octanol–water partition coefficient (Wildman–Crippen LogP) is 6.99. The quantitative estimate of drug-likeness (QED) is 0.315. The molecule has 5 aromatic rings. The van der Waals surface area contributed by atoms with E-state index in [1.54, 1.807) is 0 Å². The van der Waals surface area contributed by atoms with Gasteiger partial charge in [-0.15, -0.1) is 11.3 Å². The summed E-state index contributed by atoms with van der Waals surface area (Å²) in [6, 6.07) is 20.2. The first-order valence-corrected chi connectivity index (χ1v) is 9.19. The number of thiophene rings is 1. The van der Waals surface area contributed by atoms with E-state index in [0.29, 0.717) is 0 Å². The number of aromatic nitrogens is 1. The second kappa shape index (κ2) is 4.61. The zero-order chi connectivity index (χ0) is 16.5. The molecule has 2 heteroatoms. The fraction of sp³-hybridized carbons (Fsp3) is 0.182. The summed E-state index contributed by atoms with van der Waals surface area (Å²) in [7, 11) is 0. The summed E-state index contributed by atoms with van der Waals surface area (Å²) in [6.45, 7) is 6.82. The van der Waals surface area contributed by atoms with E-state index in [4.69, 9.17) is 0 Å². The van der Waals surface area contributed by atoms with Gasteiger partial charge in [0.25, 0.3) is 0 Å². The van der Waals surface area contributed by atoms with E-state index in [0.717, 1.165) is 0 Å². The van der Waals surface area contributed by atoms with Crippen LogP contribution in [0.5, 0.6) is 0 Å². The van der Waals surface area contributed by atoms with E-state index < -0.39 is 0 Å². The summed E-state index contributed by atoms with van der Waals surface area (Å²) in [6.07, 6.45) is 0. The summed E-state index contributed by atoms with van der Waals surface area (Å²) < 4.78 is 2.74. The molecule has 24 heavy (non-hydrogen) atoms. The molecule has 0 bridgehead atoms. The summed E-state index contributed by atoms with van der Waals surface area (Å²) in [5.74, 6) is 0. The highest BCUT2D eigenvalue weighted by Crippen LogP contribution is 2.39. The number of benzene rings is 3. The van der Waals surface area contributed by atoms with Crippen molar-refractivity contribution in [3.63, 3.8) is 0 Å². The molecule has 0 aliphatic rings. The predicted molar refractivity (Wildman–Crippen MR) is 107 cm³/mol. The third kappa shape index (κ3) is 1.93. The Hall–Kier alpha value is -2.32. The van der Waals surface area contributed by atoms with E-state index in [9.17, 15) is 0 Å². The number of nitrogens with one attached hydrogen (secondary N) is 1. The van der Waals surface area contributed by atoms with Crippen molar-refractivity contribution in [3.05, 3.63) is 60.2 Å². The second-order valence-electron chi connectivity index (χ2n) is 7.63. The minimum atomic E-state index is 0.187. The number of para-hydroxylation sites is 1. The molecule has 0 atom stereocenters. The van der Waals surface area contributed by atoms with Gasteiger partial charge in [0.1, 0.15) is 0 Å². The molecule has 3 aromatic carbocycles. The van der Waals surface area contributed by atoms with Crippen molar-refractivity contribution in [1.29, 1.82) is 0 Å². The smallest absolute Gasteiger partial charge is 0.0479 e. The van der Waals surface area contributed by atoms with Gasteiger partial charge in [0, 0.05) is 42.0 Å². The van der Waals surface area contributed by atoms with E-state index in [1.165, 1.54) is 47.5 Å². The molecule has 2 heterocycles. The molecule has 0 radical (unpaired) electrons. The Morgan fingerprint density at radius 3 is 2.33 bits per heavy atom. The van der Waals surface area contributed by atoms with E-state index in [-0.39, 0.29) is 5.41 Å². The third-order valence-corrected chi connectivity index (χ3v) is 6.08. The van der Waals surface area contributed by atoms with Gasteiger partial charge >= 0.3 is 0 Å². The van der Waals surface area contributed by atoms with Crippen LogP contribution in [-0.2, 0) is 5.41 Å². The van der Waals surface area contributed by atoms with Gasteiger partial charge in [0.05, 0.1) is 0 Å². The highest BCUT2D eigenvalue weighted by Gasteiger charge is 2.16. The summed E-state index contributed by atoms with van der Waals surface area (Å²) in [5.41, 5.74) is 4.03. The largest absolute Gasteiger partial charge is 0.354 e. The monoisotopic (exact) mass is 329 g/mol. The van der Waals surface area contributed by atoms with Crippen LogP contribution in [0.1, 0.15) is 26.3 Å². The first kappa shape index (κ1) is 14.1. The highest BCUT2D eigenvalue weighted by atomic mass is 32.1. The van der Waals surface area contributed by atoms with Gasteiger partial charge in [-0.25, -0.2) is 0 Å². The SMILES string of the molecule is CC(C)(C)c1ccc2c(c1)sc1cc3[nH]c4ccccc4c3cc12. The number of hydrogen-bond acceptors (Lipinski definition) is 1. The molecule has 0 aliphatic heterocycles. The van der Waals surface area contributed by atoms with Gasteiger partial charge < -0.3 is 4.98 Å². The van der Waals surface area contributed by atoms with Crippen molar-refractivity contribution in [1.82, 2.24) is 4.98 Å². The van der Waals surface area contributed by atoms with Crippen molar-refractivity contribution >= 4 is 53.3 Å². The Morgan fingerprint density at radius 1 is 0.708 bits per heavy atom. The van der Waals surface area contributed by atoms with Crippen LogP contribution in [0.4, 0.5) is 0 Å². The Labute approximate surface area is 144 Å². The second-order valence-corrected chi connectivity index (χ2v) is 8.71. The van der Waals surface area contributed by atoms with Crippen LogP contribution in [0.15, 0.2) is 54.6 Å². The number of fused-ring (bicyclic) bond motifs is 6. The van der Waals surface area contributed by atoms with Crippen LogP contribution >= 0.6 is 11.3 Å². The fourth-order valence-electron chi connectivity index (χ4n) is 3.59. The van der Waals surface area contributed by atoms with E-state index in [1.807, 2.05) is 11.3 Å². The maximum atomic E-state index is 3.56. The van der Waals surface area contributed by atoms with Gasteiger partial charge in [0.2, 0.25) is 0 Å². The maximum Gasteiger partial charge on any atom is 0.0479 e. The van der Waals surface area contributed by atoms with Gasteiger partial charge in [-0.1, -0.05) is 51.1 Å². The summed E-state index contributed by atoms with van der Waals surface area (Å²) in [4.78, 5) is 3.56. The Morgan fingerprint density at radius 2 is 1.50 bits per heavy atom. The minimum Gasteiger partial charge on any atom is -0.354 e. The van der Waals surface area contributed by atoms with Gasteiger partial charge in [0.15, 0.2) is 0 Å². The van der Waals surface area contributed by atoms with Gasteiger partial charge in [-0.2, -0.15) is 0 Å². The lowest BCUT2D eigenvalue weighted by Gasteiger charge is -2.18. The van der Waals surface area contributed by atoms with Crippen LogP contribution < -0.4 is 0 Å². The third-order valence-electron chi connectivity index (χ3n) is 4.96. The molecule has 2 aromatic heterocycles. The zero-order valence-corrected chi connectivity index (χ0v) is 14.9. The fourth-order valence-corrected chi connectivity index (χ4v) is 4.75. The first-order chi connectivity index (χ1) is 11.5. The van der Waals surface area contributed by atoms with Crippen molar-refractivity contribution < 1.29 is 0 Å². The van der Waals surface area contributed by atoms with Crippen molar-refractivity contribution in [2.75, 3.05) is 0 Å². The van der Waals surface area contributed by atoms with Crippen molar-refractivity contribution in [3.8, 4) is 0 Å². The molecule has 0 unspecified atom stereocenters. The highest BCUT2D eigenvalue weighted by molar-refractivity contribution is 7.25. The van der Waals surface area contributed by atoms with Crippen LogP contribution in [0, 0.1) is 0 Å². The average molecular weight is 329 g/mol. The molecule has 1 N–H and O–H groups in total. The average Bonchev–Trinajstić information content (AvgIpc) is 3.08. The minimum absolute atomic E-state index is 0.187. The lowest BCUT2D eigenvalue weighted by Crippen LogP contribution is -2.10. The summed E-state index contributed by atoms with van der Waals surface area (Å²) in [5, 5.41) is 5.36. The Bertz CT molecular complexity index is 1230. The number of aromatic amines is 1. The first-order valence-electron chi connectivity index (χ1n) is 8.38. The van der Waals surface area contributed by atoms with Crippen LogP contribution in [0.25, 0.3) is 42.0 Å². The number of hydrogen-bond donors (Lipinski definition) is 1. The topological polar surface area (TPSA) is 15.8 Å². The maximum absolute atomic E-state index is 3.56. The molecule has 0 amide bonds. The molecule has 0 saturated carbocycles. The standard InChI is InChI=1S/C22H19NS/c1-22(2,3)13-8-9-15-17-11-16-14-6-4-5-7-18(14)23-19(16)12-21(17)24-20(15)10-13/h4-12,23H,1-3H3. The molecular formula is C22H19NS. The zero-order valence-electron chi connectivity index (χ0n) is 14.1. The lowest BCUT2D eigenvalue weighted by molar-refractivity contribution is 0.591. The Balaban J connectivity index is 1.87. The number of H-pyrrole nitrogens is 1. The van der Waals surface area contributed by atoms with Crippen LogP contribution in [0.2, 0.25) is 0 Å². The van der Waals surface area contributed by atoms with E-state index >= 15 is 0 Å². The Kier molecular flexibility index (Phi) is 2.70. The lowest BCUT2D eigenvalue weighted by atomic mass is 9.87. The molecule has 118 valence electrons. The van der Waals surface area contributed by atoms with Gasteiger partial charge in [-0.05, 0) is 35.2 Å².